The molecule has 1 heterocycles. The molecule has 1 aromatic rings. The Kier molecular flexibility index (Phi) is 4.81. The van der Waals surface area contributed by atoms with Gasteiger partial charge in [-0.3, -0.25) is 4.79 Å². The Morgan fingerprint density at radius 2 is 2.00 bits per heavy atom. The molecule has 2 rings (SSSR count). The zero-order valence-electron chi connectivity index (χ0n) is 10.2. The molecule has 3 nitrogen and oxygen atoms in total. The van der Waals surface area contributed by atoms with Crippen molar-refractivity contribution in [2.45, 2.75) is 32.2 Å². The highest BCUT2D eigenvalue weighted by Crippen LogP contribution is 2.32. The quantitative estimate of drug-likeness (QED) is 0.829. The van der Waals surface area contributed by atoms with Crippen LogP contribution in [-0.4, -0.2) is 18.5 Å². The van der Waals surface area contributed by atoms with Crippen LogP contribution in [0, 0.1) is 6.92 Å². The summed E-state index contributed by atoms with van der Waals surface area (Å²) < 4.78 is 1.80. The van der Waals surface area contributed by atoms with Gasteiger partial charge in [-0.2, -0.15) is 0 Å². The van der Waals surface area contributed by atoms with Crippen LogP contribution in [0.2, 0.25) is 0 Å². The molecule has 1 aliphatic rings. The lowest BCUT2D eigenvalue weighted by molar-refractivity contribution is -0.118. The maximum Gasteiger partial charge on any atom is 0.241 e. The molecule has 2 N–H and O–H groups in total. The Bertz CT molecular complexity index is 433. The molecule has 0 saturated carbocycles. The molecule has 0 radical (unpaired) electrons. The predicted molar refractivity (Wildman–Crippen MR) is 80.9 cm³/mol. The number of hydrogen-bond acceptors (Lipinski definition) is 2. The van der Waals surface area contributed by atoms with Crippen LogP contribution in [0.25, 0.3) is 0 Å². The summed E-state index contributed by atoms with van der Waals surface area (Å²) in [5.74, 6) is 0.0416. The number of benzene rings is 1. The maximum atomic E-state index is 12.1. The Morgan fingerprint density at radius 3 is 2.56 bits per heavy atom. The van der Waals surface area contributed by atoms with Crippen molar-refractivity contribution >= 4 is 43.5 Å². The molecule has 1 amide bonds. The Hall–Kier alpha value is -0.390. The van der Waals surface area contributed by atoms with Crippen molar-refractivity contribution < 1.29 is 4.79 Å². The van der Waals surface area contributed by atoms with E-state index in [1.54, 1.807) is 0 Å². The van der Waals surface area contributed by atoms with Gasteiger partial charge < -0.3 is 10.6 Å². The smallest absolute Gasteiger partial charge is 0.241 e. The van der Waals surface area contributed by atoms with Gasteiger partial charge in [-0.05, 0) is 75.9 Å². The lowest BCUT2D eigenvalue weighted by atomic mass is 10.0. The first-order valence-corrected chi connectivity index (χ1v) is 7.66. The summed E-state index contributed by atoms with van der Waals surface area (Å²) in [5, 5.41) is 6.23. The molecule has 1 aliphatic heterocycles. The standard InChI is InChI=1S/C13H16Br2N2O/c1-8-6-9(14)12(10(15)7-8)17-13(18)11-4-2-3-5-16-11/h6-7,11,16H,2-5H2,1H3,(H,17,18)/t11-/m1/s1. The van der Waals surface area contributed by atoms with Crippen LogP contribution >= 0.6 is 31.9 Å². The largest absolute Gasteiger partial charge is 0.323 e. The first kappa shape index (κ1) is 14.0. The van der Waals surface area contributed by atoms with Crippen molar-refractivity contribution in [1.82, 2.24) is 5.32 Å². The van der Waals surface area contributed by atoms with E-state index in [2.05, 4.69) is 42.5 Å². The second-order valence-electron chi connectivity index (χ2n) is 4.60. The van der Waals surface area contributed by atoms with E-state index in [9.17, 15) is 4.79 Å². The van der Waals surface area contributed by atoms with Crippen LogP contribution in [0.1, 0.15) is 24.8 Å². The molecule has 1 aromatic carbocycles. The minimum Gasteiger partial charge on any atom is -0.323 e. The van der Waals surface area contributed by atoms with E-state index >= 15 is 0 Å². The number of hydrogen-bond donors (Lipinski definition) is 2. The van der Waals surface area contributed by atoms with Crippen molar-refractivity contribution in [3.8, 4) is 0 Å². The van der Waals surface area contributed by atoms with Gasteiger partial charge in [-0.25, -0.2) is 0 Å². The zero-order chi connectivity index (χ0) is 13.1. The minimum atomic E-state index is -0.0705. The number of piperidine rings is 1. The van der Waals surface area contributed by atoms with E-state index in [0.717, 1.165) is 46.0 Å². The number of anilines is 1. The molecule has 5 heteroatoms. The molecule has 0 spiro atoms. The number of halogens is 2. The maximum absolute atomic E-state index is 12.1. The molecule has 0 aromatic heterocycles. The second kappa shape index (κ2) is 6.17. The van der Waals surface area contributed by atoms with E-state index < -0.39 is 0 Å². The topological polar surface area (TPSA) is 41.1 Å². The van der Waals surface area contributed by atoms with Gasteiger partial charge in [0.1, 0.15) is 0 Å². The number of carbonyl (C=O) groups is 1. The normalized spacial score (nSPS) is 19.6. The summed E-state index contributed by atoms with van der Waals surface area (Å²) in [6.07, 6.45) is 3.18. The third-order valence-electron chi connectivity index (χ3n) is 3.06. The molecule has 1 saturated heterocycles. The third-order valence-corrected chi connectivity index (χ3v) is 4.31. The van der Waals surface area contributed by atoms with E-state index in [-0.39, 0.29) is 11.9 Å². The summed E-state index contributed by atoms with van der Waals surface area (Å²) in [6.45, 7) is 2.94. The van der Waals surface area contributed by atoms with Crippen molar-refractivity contribution in [2.24, 2.45) is 0 Å². The van der Waals surface area contributed by atoms with Gasteiger partial charge in [-0.1, -0.05) is 6.42 Å². The average molecular weight is 376 g/mol. The average Bonchev–Trinajstić information content (AvgIpc) is 2.34. The van der Waals surface area contributed by atoms with Crippen LogP contribution in [0.5, 0.6) is 0 Å². The fourth-order valence-corrected chi connectivity index (χ4v) is 3.72. The minimum absolute atomic E-state index is 0.0416. The van der Waals surface area contributed by atoms with Crippen LogP contribution in [-0.2, 0) is 4.79 Å². The Labute approximate surface area is 124 Å². The van der Waals surface area contributed by atoms with Gasteiger partial charge in [0.2, 0.25) is 5.91 Å². The molecule has 1 fully saturated rings. The number of rotatable bonds is 2. The van der Waals surface area contributed by atoms with Gasteiger partial charge >= 0.3 is 0 Å². The second-order valence-corrected chi connectivity index (χ2v) is 6.30. The zero-order valence-corrected chi connectivity index (χ0v) is 13.4. The predicted octanol–water partition coefficient (Wildman–Crippen LogP) is 3.60. The van der Waals surface area contributed by atoms with Crippen LogP contribution in [0.4, 0.5) is 5.69 Å². The van der Waals surface area contributed by atoms with Gasteiger partial charge in [0.25, 0.3) is 0 Å². The molecule has 1 atom stereocenters. The molecule has 98 valence electrons. The van der Waals surface area contributed by atoms with Gasteiger partial charge in [0, 0.05) is 8.95 Å². The Balaban J connectivity index is 2.11. The van der Waals surface area contributed by atoms with Crippen LogP contribution < -0.4 is 10.6 Å². The molecule has 18 heavy (non-hydrogen) atoms. The Morgan fingerprint density at radius 1 is 1.33 bits per heavy atom. The fourth-order valence-electron chi connectivity index (χ4n) is 2.11. The number of amides is 1. The van der Waals surface area contributed by atoms with Gasteiger partial charge in [-0.15, -0.1) is 0 Å². The molecule has 0 aliphatic carbocycles. The van der Waals surface area contributed by atoms with Crippen molar-refractivity contribution in [3.63, 3.8) is 0 Å². The molecule has 0 bridgehead atoms. The van der Waals surface area contributed by atoms with Crippen molar-refractivity contribution in [3.05, 3.63) is 26.6 Å². The molecular formula is C13H16Br2N2O. The summed E-state index contributed by atoms with van der Waals surface area (Å²) in [6, 6.07) is 3.92. The third kappa shape index (κ3) is 3.33. The first-order valence-electron chi connectivity index (χ1n) is 6.08. The van der Waals surface area contributed by atoms with E-state index in [1.807, 2.05) is 19.1 Å². The summed E-state index contributed by atoms with van der Waals surface area (Å²) in [7, 11) is 0. The lowest BCUT2D eigenvalue weighted by Gasteiger charge is -2.23. The fraction of sp³-hybridized carbons (Fsp3) is 0.462. The highest BCUT2D eigenvalue weighted by atomic mass is 79.9. The number of aryl methyl sites for hydroxylation is 1. The van der Waals surface area contributed by atoms with E-state index in [4.69, 9.17) is 0 Å². The van der Waals surface area contributed by atoms with Crippen molar-refractivity contribution in [2.75, 3.05) is 11.9 Å². The molecular weight excluding hydrogens is 360 g/mol. The lowest BCUT2D eigenvalue weighted by Crippen LogP contribution is -2.43. The van der Waals surface area contributed by atoms with E-state index in [0.29, 0.717) is 0 Å². The molecule has 0 unspecified atom stereocenters. The monoisotopic (exact) mass is 374 g/mol. The van der Waals surface area contributed by atoms with Crippen LogP contribution in [0.3, 0.4) is 0 Å². The van der Waals surface area contributed by atoms with Crippen molar-refractivity contribution in [1.29, 1.82) is 0 Å². The summed E-state index contributed by atoms with van der Waals surface area (Å²) >= 11 is 6.97. The summed E-state index contributed by atoms with van der Waals surface area (Å²) in [4.78, 5) is 12.1. The van der Waals surface area contributed by atoms with E-state index in [1.165, 1.54) is 0 Å². The number of carbonyl (C=O) groups excluding carboxylic acids is 1. The number of nitrogens with one attached hydrogen (secondary N) is 2. The highest BCUT2D eigenvalue weighted by Gasteiger charge is 2.21. The van der Waals surface area contributed by atoms with Gasteiger partial charge in [0.05, 0.1) is 11.7 Å². The highest BCUT2D eigenvalue weighted by molar-refractivity contribution is 9.11. The first-order chi connectivity index (χ1) is 8.58. The SMILES string of the molecule is Cc1cc(Br)c(NC(=O)[C@H]2CCCCN2)c(Br)c1. The summed E-state index contributed by atoms with van der Waals surface area (Å²) in [5.41, 5.74) is 1.94. The van der Waals surface area contributed by atoms with Gasteiger partial charge in [0.15, 0.2) is 0 Å². The van der Waals surface area contributed by atoms with Crippen LogP contribution in [0.15, 0.2) is 21.1 Å².